The Balaban J connectivity index is 1.39. The highest BCUT2D eigenvalue weighted by atomic mass is 35.5. The molecule has 0 amide bonds. The molecule has 0 unspecified atom stereocenters. The molecule has 2 heterocycles. The summed E-state index contributed by atoms with van der Waals surface area (Å²) >= 11 is 6.51. The Hall–Kier alpha value is -1.84. The molecule has 28 heavy (non-hydrogen) atoms. The van der Waals surface area contributed by atoms with Gasteiger partial charge in [-0.2, -0.15) is 0 Å². The third-order valence-electron chi connectivity index (χ3n) is 5.99. The van der Waals surface area contributed by atoms with Crippen LogP contribution in [-0.2, 0) is 19.4 Å². The van der Waals surface area contributed by atoms with Crippen LogP contribution < -0.4 is 10.6 Å². The van der Waals surface area contributed by atoms with E-state index in [0.29, 0.717) is 0 Å². The molecule has 0 bridgehead atoms. The van der Waals surface area contributed by atoms with Gasteiger partial charge in [0.1, 0.15) is 0 Å². The van der Waals surface area contributed by atoms with Gasteiger partial charge in [-0.1, -0.05) is 49.1 Å². The van der Waals surface area contributed by atoms with Crippen molar-refractivity contribution < 1.29 is 0 Å². The molecule has 1 aromatic heterocycles. The molecule has 4 heteroatoms. The van der Waals surface area contributed by atoms with Gasteiger partial charge in [-0.25, -0.2) is 0 Å². The lowest BCUT2D eigenvalue weighted by atomic mass is 9.89. The first-order chi connectivity index (χ1) is 13.8. The Kier molecular flexibility index (Phi) is 6.66. The van der Waals surface area contributed by atoms with Gasteiger partial charge < -0.3 is 10.6 Å². The molecular weight excluding hydrogens is 366 g/mol. The molecule has 0 radical (unpaired) electrons. The minimum atomic E-state index is 0.738. The normalized spacial score (nSPS) is 18.0. The molecule has 0 atom stereocenters. The van der Waals surface area contributed by atoms with Gasteiger partial charge in [0.25, 0.3) is 0 Å². The van der Waals surface area contributed by atoms with E-state index in [2.05, 4.69) is 46.0 Å². The first kappa shape index (κ1) is 19.5. The number of nitrogens with one attached hydrogen (secondary N) is 2. The van der Waals surface area contributed by atoms with Crippen molar-refractivity contribution in [2.75, 3.05) is 18.4 Å². The number of aromatic nitrogens is 1. The number of nitrogens with zero attached hydrogens (tertiary/aromatic N) is 1. The summed E-state index contributed by atoms with van der Waals surface area (Å²) in [6.45, 7) is 2.78. The number of allylic oxidation sites excluding steroid dienone is 1. The first-order valence-electron chi connectivity index (χ1n) is 10.7. The van der Waals surface area contributed by atoms with Crippen LogP contribution in [0.3, 0.4) is 0 Å². The van der Waals surface area contributed by atoms with E-state index < -0.39 is 0 Å². The highest BCUT2D eigenvalue weighted by Crippen LogP contribution is 2.31. The number of hydrogen-bond donors (Lipinski definition) is 2. The fraction of sp³-hybridized carbons (Fsp3) is 0.458. The van der Waals surface area contributed by atoms with Crippen LogP contribution in [0.25, 0.3) is 6.08 Å². The largest absolute Gasteiger partial charge is 0.379 e. The van der Waals surface area contributed by atoms with Crippen molar-refractivity contribution in [3.8, 4) is 0 Å². The lowest BCUT2D eigenvalue weighted by Gasteiger charge is -2.17. The summed E-state index contributed by atoms with van der Waals surface area (Å²) in [6, 6.07) is 8.47. The van der Waals surface area contributed by atoms with Crippen LogP contribution in [0.15, 0.2) is 36.5 Å². The van der Waals surface area contributed by atoms with Gasteiger partial charge in [0.2, 0.25) is 0 Å². The first-order valence-corrected chi connectivity index (χ1v) is 11.1. The van der Waals surface area contributed by atoms with Crippen LogP contribution in [0, 0.1) is 5.92 Å². The average molecular weight is 396 g/mol. The predicted octanol–water partition coefficient (Wildman–Crippen LogP) is 5.63. The van der Waals surface area contributed by atoms with Crippen LogP contribution >= 0.6 is 11.6 Å². The molecule has 3 nitrogen and oxygen atoms in total. The maximum atomic E-state index is 6.51. The Morgan fingerprint density at radius 2 is 1.93 bits per heavy atom. The third kappa shape index (κ3) is 4.95. The van der Waals surface area contributed by atoms with Crippen LogP contribution in [0.5, 0.6) is 0 Å². The van der Waals surface area contributed by atoms with Crippen molar-refractivity contribution in [1.82, 2.24) is 10.3 Å². The van der Waals surface area contributed by atoms with Gasteiger partial charge in [0, 0.05) is 12.7 Å². The van der Waals surface area contributed by atoms with Crippen molar-refractivity contribution in [2.24, 2.45) is 5.92 Å². The van der Waals surface area contributed by atoms with Crippen LogP contribution in [-0.4, -0.2) is 18.1 Å². The number of pyridine rings is 1. The van der Waals surface area contributed by atoms with Gasteiger partial charge in [0.05, 0.1) is 16.4 Å². The molecule has 1 saturated carbocycles. The molecule has 0 spiro atoms. The molecule has 2 aromatic rings. The van der Waals surface area contributed by atoms with Crippen molar-refractivity contribution >= 4 is 23.4 Å². The Morgan fingerprint density at radius 1 is 1.07 bits per heavy atom. The second kappa shape index (κ2) is 9.58. The van der Waals surface area contributed by atoms with Crippen LogP contribution in [0.4, 0.5) is 5.69 Å². The Bertz CT molecular complexity index is 807. The maximum absolute atomic E-state index is 6.51. The molecule has 1 fully saturated rings. The average Bonchev–Trinajstić information content (AvgIpc) is 2.99. The fourth-order valence-electron chi connectivity index (χ4n) is 4.33. The van der Waals surface area contributed by atoms with E-state index in [9.17, 15) is 0 Å². The number of rotatable bonds is 5. The lowest BCUT2D eigenvalue weighted by molar-refractivity contribution is 0.420. The standard InChI is InChI=1S/C24H30ClN3/c25-23-11-8-20-12-14-26-15-13-22(20)24(23)28-17-19-7-10-21(27-16-19)9-6-18-4-2-1-3-5-18/h6-11,16,18,26,28H,1-5,12-15,17H2. The highest BCUT2D eigenvalue weighted by molar-refractivity contribution is 6.33. The fourth-order valence-corrected chi connectivity index (χ4v) is 4.57. The lowest BCUT2D eigenvalue weighted by Crippen LogP contribution is -2.16. The van der Waals surface area contributed by atoms with E-state index in [1.165, 1.54) is 48.8 Å². The summed E-state index contributed by atoms with van der Waals surface area (Å²) in [7, 11) is 0. The molecule has 1 aliphatic carbocycles. The van der Waals surface area contributed by atoms with Gasteiger partial charge in [-0.05, 0) is 79.6 Å². The minimum Gasteiger partial charge on any atom is -0.379 e. The summed E-state index contributed by atoms with van der Waals surface area (Å²) in [5, 5.41) is 7.85. The number of hydrogen-bond acceptors (Lipinski definition) is 3. The Morgan fingerprint density at radius 3 is 2.75 bits per heavy atom. The Labute approximate surface area is 173 Å². The number of anilines is 1. The summed E-state index contributed by atoms with van der Waals surface area (Å²) in [6.07, 6.45) is 15.4. The van der Waals surface area contributed by atoms with Crippen molar-refractivity contribution in [3.63, 3.8) is 0 Å². The molecule has 2 aliphatic rings. The molecule has 1 aromatic carbocycles. The van der Waals surface area contributed by atoms with E-state index in [4.69, 9.17) is 11.6 Å². The summed E-state index contributed by atoms with van der Waals surface area (Å²) in [5.74, 6) is 0.738. The summed E-state index contributed by atoms with van der Waals surface area (Å²) in [5.41, 5.74) is 6.07. The minimum absolute atomic E-state index is 0.738. The van der Waals surface area contributed by atoms with Gasteiger partial charge in [0.15, 0.2) is 0 Å². The van der Waals surface area contributed by atoms with Crippen molar-refractivity contribution in [2.45, 2.75) is 51.5 Å². The second-order valence-corrected chi connectivity index (χ2v) is 8.42. The zero-order valence-corrected chi connectivity index (χ0v) is 17.3. The van der Waals surface area contributed by atoms with Gasteiger partial charge in [-0.15, -0.1) is 0 Å². The second-order valence-electron chi connectivity index (χ2n) is 8.01. The van der Waals surface area contributed by atoms with Crippen molar-refractivity contribution in [3.05, 3.63) is 63.9 Å². The molecule has 1 aliphatic heterocycles. The zero-order valence-electron chi connectivity index (χ0n) is 16.5. The number of benzene rings is 1. The van der Waals surface area contributed by atoms with E-state index in [0.717, 1.165) is 54.8 Å². The number of fused-ring (bicyclic) bond motifs is 1. The third-order valence-corrected chi connectivity index (χ3v) is 6.30. The van der Waals surface area contributed by atoms with E-state index in [1.807, 2.05) is 12.3 Å². The highest BCUT2D eigenvalue weighted by Gasteiger charge is 2.14. The quantitative estimate of drug-likeness (QED) is 0.688. The number of halogens is 1. The summed E-state index contributed by atoms with van der Waals surface area (Å²) in [4.78, 5) is 4.63. The smallest absolute Gasteiger partial charge is 0.0640 e. The van der Waals surface area contributed by atoms with E-state index >= 15 is 0 Å². The van der Waals surface area contributed by atoms with Gasteiger partial charge in [-0.3, -0.25) is 4.98 Å². The van der Waals surface area contributed by atoms with Crippen molar-refractivity contribution in [1.29, 1.82) is 0 Å². The summed E-state index contributed by atoms with van der Waals surface area (Å²) < 4.78 is 0. The van der Waals surface area contributed by atoms with E-state index in [-0.39, 0.29) is 0 Å². The van der Waals surface area contributed by atoms with Crippen LogP contribution in [0.1, 0.15) is 54.5 Å². The molecule has 0 saturated heterocycles. The molecule has 4 rings (SSSR count). The maximum Gasteiger partial charge on any atom is 0.0640 e. The topological polar surface area (TPSA) is 37.0 Å². The zero-order chi connectivity index (χ0) is 19.2. The molecule has 148 valence electrons. The SMILES string of the molecule is Clc1ccc2c(c1NCc1ccc(C=CC3CCCCC3)nc1)CCNCC2. The monoisotopic (exact) mass is 395 g/mol. The van der Waals surface area contributed by atoms with Crippen LogP contribution in [0.2, 0.25) is 5.02 Å². The van der Waals surface area contributed by atoms with Gasteiger partial charge >= 0.3 is 0 Å². The molecular formula is C24H30ClN3. The molecule has 2 N–H and O–H groups in total. The van der Waals surface area contributed by atoms with E-state index in [1.54, 1.807) is 0 Å². The predicted molar refractivity (Wildman–Crippen MR) is 119 cm³/mol.